The third-order valence-electron chi connectivity index (χ3n) is 2.62. The molecular formula is C13H19N3O3. The summed E-state index contributed by atoms with van der Waals surface area (Å²) in [6.45, 7) is 6.89. The summed E-state index contributed by atoms with van der Waals surface area (Å²) in [6, 6.07) is 4.73. The first-order chi connectivity index (χ1) is 8.91. The average Bonchev–Trinajstić information content (AvgIpc) is 2.33. The SMILES string of the molecule is Cc1cc(C(=O)NCCNC(C)C)ccc1[N+](=O)[O-]. The molecule has 6 heteroatoms. The van der Waals surface area contributed by atoms with Crippen LogP contribution in [0.1, 0.15) is 29.8 Å². The van der Waals surface area contributed by atoms with E-state index in [4.69, 9.17) is 0 Å². The van der Waals surface area contributed by atoms with Gasteiger partial charge in [0.1, 0.15) is 0 Å². The van der Waals surface area contributed by atoms with Crippen molar-refractivity contribution in [3.05, 3.63) is 39.4 Å². The Kier molecular flexibility index (Phi) is 5.44. The predicted molar refractivity (Wildman–Crippen MR) is 73.3 cm³/mol. The molecule has 0 bridgehead atoms. The highest BCUT2D eigenvalue weighted by Crippen LogP contribution is 2.18. The van der Waals surface area contributed by atoms with E-state index >= 15 is 0 Å². The van der Waals surface area contributed by atoms with Gasteiger partial charge in [0.15, 0.2) is 0 Å². The molecule has 0 aliphatic heterocycles. The van der Waals surface area contributed by atoms with E-state index in [1.54, 1.807) is 6.92 Å². The summed E-state index contributed by atoms with van der Waals surface area (Å²) in [5.74, 6) is -0.219. The van der Waals surface area contributed by atoms with E-state index in [0.717, 1.165) is 0 Å². The molecule has 0 aliphatic rings. The highest BCUT2D eigenvalue weighted by molar-refractivity contribution is 5.94. The van der Waals surface area contributed by atoms with Crippen molar-refractivity contribution >= 4 is 11.6 Å². The quantitative estimate of drug-likeness (QED) is 0.465. The Hall–Kier alpha value is -1.95. The summed E-state index contributed by atoms with van der Waals surface area (Å²) >= 11 is 0. The van der Waals surface area contributed by atoms with Crippen molar-refractivity contribution in [1.82, 2.24) is 10.6 Å². The number of hydrogen-bond donors (Lipinski definition) is 2. The lowest BCUT2D eigenvalue weighted by Crippen LogP contribution is -2.34. The second-order valence-corrected chi connectivity index (χ2v) is 4.62. The zero-order chi connectivity index (χ0) is 14.4. The molecule has 1 aromatic rings. The van der Waals surface area contributed by atoms with Crippen LogP contribution in [0, 0.1) is 17.0 Å². The topological polar surface area (TPSA) is 84.3 Å². The second-order valence-electron chi connectivity index (χ2n) is 4.62. The monoisotopic (exact) mass is 265 g/mol. The summed E-state index contributed by atoms with van der Waals surface area (Å²) < 4.78 is 0. The molecule has 0 radical (unpaired) electrons. The number of nitro groups is 1. The molecular weight excluding hydrogens is 246 g/mol. The Morgan fingerprint density at radius 3 is 2.58 bits per heavy atom. The fraction of sp³-hybridized carbons (Fsp3) is 0.462. The first-order valence-corrected chi connectivity index (χ1v) is 6.18. The van der Waals surface area contributed by atoms with Crippen LogP contribution in [0.3, 0.4) is 0 Å². The summed E-state index contributed by atoms with van der Waals surface area (Å²) in [5, 5.41) is 16.6. The Morgan fingerprint density at radius 1 is 1.37 bits per heavy atom. The maximum absolute atomic E-state index is 11.8. The van der Waals surface area contributed by atoms with E-state index in [1.165, 1.54) is 18.2 Å². The van der Waals surface area contributed by atoms with Crippen LogP contribution >= 0.6 is 0 Å². The maximum Gasteiger partial charge on any atom is 0.272 e. The molecule has 0 unspecified atom stereocenters. The number of hydrogen-bond acceptors (Lipinski definition) is 4. The second kappa shape index (κ2) is 6.84. The minimum absolute atomic E-state index is 0.0259. The fourth-order valence-electron chi connectivity index (χ4n) is 1.64. The van der Waals surface area contributed by atoms with Gasteiger partial charge in [-0.15, -0.1) is 0 Å². The number of nitrogens with one attached hydrogen (secondary N) is 2. The molecule has 0 aliphatic carbocycles. The summed E-state index contributed by atoms with van der Waals surface area (Å²) in [7, 11) is 0. The van der Waals surface area contributed by atoms with Crippen LogP contribution in [0.15, 0.2) is 18.2 Å². The van der Waals surface area contributed by atoms with Gasteiger partial charge in [-0.2, -0.15) is 0 Å². The number of nitro benzene ring substituents is 1. The molecule has 104 valence electrons. The van der Waals surface area contributed by atoms with Gasteiger partial charge in [-0.25, -0.2) is 0 Å². The number of amides is 1. The third kappa shape index (κ3) is 4.67. The number of nitrogens with zero attached hydrogens (tertiary/aromatic N) is 1. The minimum atomic E-state index is -0.455. The normalized spacial score (nSPS) is 10.5. The van der Waals surface area contributed by atoms with Crippen molar-refractivity contribution in [3.8, 4) is 0 Å². The number of rotatable bonds is 6. The Balaban J connectivity index is 2.58. The Morgan fingerprint density at radius 2 is 2.05 bits per heavy atom. The van der Waals surface area contributed by atoms with E-state index in [9.17, 15) is 14.9 Å². The molecule has 6 nitrogen and oxygen atoms in total. The van der Waals surface area contributed by atoms with Gasteiger partial charge in [0.25, 0.3) is 11.6 Å². The molecule has 1 amide bonds. The van der Waals surface area contributed by atoms with Crippen molar-refractivity contribution in [2.24, 2.45) is 0 Å². The molecule has 0 saturated heterocycles. The lowest BCUT2D eigenvalue weighted by molar-refractivity contribution is -0.385. The number of benzene rings is 1. The molecule has 0 atom stereocenters. The van der Waals surface area contributed by atoms with Gasteiger partial charge in [0.2, 0.25) is 0 Å². The van der Waals surface area contributed by atoms with Crippen molar-refractivity contribution in [1.29, 1.82) is 0 Å². The first-order valence-electron chi connectivity index (χ1n) is 6.18. The molecule has 1 rings (SSSR count). The standard InChI is InChI=1S/C13H19N3O3/c1-9(2)14-6-7-15-13(17)11-4-5-12(16(18)19)10(3)8-11/h4-5,8-9,14H,6-7H2,1-3H3,(H,15,17). The lowest BCUT2D eigenvalue weighted by atomic mass is 10.1. The van der Waals surface area contributed by atoms with Gasteiger partial charge in [0, 0.05) is 36.3 Å². The molecule has 2 N–H and O–H groups in total. The molecule has 1 aromatic carbocycles. The molecule has 0 aromatic heterocycles. The van der Waals surface area contributed by atoms with Gasteiger partial charge in [-0.1, -0.05) is 13.8 Å². The maximum atomic E-state index is 11.8. The molecule has 0 saturated carbocycles. The van der Waals surface area contributed by atoms with Gasteiger partial charge in [-0.3, -0.25) is 14.9 Å². The largest absolute Gasteiger partial charge is 0.351 e. The van der Waals surface area contributed by atoms with E-state index < -0.39 is 4.92 Å². The van der Waals surface area contributed by atoms with Crippen LogP contribution in [-0.4, -0.2) is 30.0 Å². The number of carbonyl (C=O) groups is 1. The number of aryl methyl sites for hydroxylation is 1. The summed E-state index contributed by atoms with van der Waals surface area (Å²) in [6.07, 6.45) is 0. The van der Waals surface area contributed by atoms with E-state index in [2.05, 4.69) is 10.6 Å². The lowest BCUT2D eigenvalue weighted by Gasteiger charge is -2.09. The van der Waals surface area contributed by atoms with Crippen LogP contribution in [0.25, 0.3) is 0 Å². The van der Waals surface area contributed by atoms with E-state index in [1.807, 2.05) is 13.8 Å². The van der Waals surface area contributed by atoms with Gasteiger partial charge >= 0.3 is 0 Å². The number of carbonyl (C=O) groups excluding carboxylic acids is 1. The molecule has 19 heavy (non-hydrogen) atoms. The van der Waals surface area contributed by atoms with Crippen LogP contribution in [0.4, 0.5) is 5.69 Å². The van der Waals surface area contributed by atoms with Crippen LogP contribution in [0.5, 0.6) is 0 Å². The predicted octanol–water partition coefficient (Wildman–Crippen LogP) is 1.63. The smallest absolute Gasteiger partial charge is 0.272 e. The highest BCUT2D eigenvalue weighted by Gasteiger charge is 2.13. The molecule has 0 fully saturated rings. The Labute approximate surface area is 112 Å². The van der Waals surface area contributed by atoms with E-state index in [-0.39, 0.29) is 11.6 Å². The first kappa shape index (κ1) is 15.1. The van der Waals surface area contributed by atoms with Gasteiger partial charge in [0.05, 0.1) is 4.92 Å². The van der Waals surface area contributed by atoms with Crippen molar-refractivity contribution in [2.75, 3.05) is 13.1 Å². The zero-order valence-electron chi connectivity index (χ0n) is 11.4. The Bertz CT molecular complexity index is 472. The zero-order valence-corrected chi connectivity index (χ0v) is 11.4. The summed E-state index contributed by atoms with van der Waals surface area (Å²) in [4.78, 5) is 22.0. The van der Waals surface area contributed by atoms with Crippen molar-refractivity contribution < 1.29 is 9.72 Å². The van der Waals surface area contributed by atoms with Crippen LogP contribution in [-0.2, 0) is 0 Å². The van der Waals surface area contributed by atoms with E-state index in [0.29, 0.717) is 30.3 Å². The van der Waals surface area contributed by atoms with Crippen molar-refractivity contribution in [3.63, 3.8) is 0 Å². The van der Waals surface area contributed by atoms with Gasteiger partial charge < -0.3 is 10.6 Å². The molecule has 0 heterocycles. The average molecular weight is 265 g/mol. The minimum Gasteiger partial charge on any atom is -0.351 e. The molecule has 0 spiro atoms. The highest BCUT2D eigenvalue weighted by atomic mass is 16.6. The van der Waals surface area contributed by atoms with Crippen LogP contribution < -0.4 is 10.6 Å². The van der Waals surface area contributed by atoms with Crippen LogP contribution in [0.2, 0.25) is 0 Å². The summed E-state index contributed by atoms with van der Waals surface area (Å²) in [5.41, 5.74) is 0.948. The van der Waals surface area contributed by atoms with Crippen molar-refractivity contribution in [2.45, 2.75) is 26.8 Å². The third-order valence-corrected chi connectivity index (χ3v) is 2.62. The fourth-order valence-corrected chi connectivity index (χ4v) is 1.64. The van der Waals surface area contributed by atoms with Gasteiger partial charge in [-0.05, 0) is 19.1 Å².